The van der Waals surface area contributed by atoms with Gasteiger partial charge in [-0.25, -0.2) is 4.79 Å². The number of carbonyl (C=O) groups excluding carboxylic acids is 2. The smallest absolute Gasteiger partial charge is 0.377 e. The van der Waals surface area contributed by atoms with Crippen LogP contribution >= 0.6 is 0 Å². The number of anilines is 1. The van der Waals surface area contributed by atoms with E-state index in [1.807, 2.05) is 0 Å². The van der Waals surface area contributed by atoms with E-state index >= 15 is 0 Å². The van der Waals surface area contributed by atoms with Crippen molar-refractivity contribution in [1.82, 2.24) is 0 Å². The van der Waals surface area contributed by atoms with Crippen LogP contribution in [0, 0.1) is 0 Å². The monoisotopic (exact) mass is 233 g/mol. The van der Waals surface area contributed by atoms with Crippen LogP contribution in [0.5, 0.6) is 0 Å². The first-order valence-corrected chi connectivity index (χ1v) is 5.19. The molecule has 1 N–H and O–H groups in total. The average Bonchev–Trinajstić information content (AvgIpc) is 2.70. The van der Waals surface area contributed by atoms with Gasteiger partial charge in [0.15, 0.2) is 0 Å². The van der Waals surface area contributed by atoms with Crippen molar-refractivity contribution in [1.29, 1.82) is 0 Å². The Balaban J connectivity index is 2.43. The molecule has 0 bridgehead atoms. The zero-order valence-electron chi connectivity index (χ0n) is 9.27. The summed E-state index contributed by atoms with van der Waals surface area (Å²) < 4.78 is 0. The Morgan fingerprint density at radius 3 is 2.59 bits per heavy atom. The number of fused-ring (bicyclic) bond motifs is 1. The van der Waals surface area contributed by atoms with Gasteiger partial charge in [0.05, 0.1) is 0 Å². The topological polar surface area (TPSA) is 74.7 Å². The van der Waals surface area contributed by atoms with E-state index in [9.17, 15) is 14.4 Å². The second kappa shape index (κ2) is 4.01. The van der Waals surface area contributed by atoms with Crippen LogP contribution in [-0.4, -0.2) is 29.3 Å². The molecule has 88 valence electrons. The van der Waals surface area contributed by atoms with Crippen LogP contribution < -0.4 is 4.90 Å². The highest BCUT2D eigenvalue weighted by molar-refractivity contribution is 6.40. The summed E-state index contributed by atoms with van der Waals surface area (Å²) in [5.41, 5.74) is 1.70. The zero-order valence-corrected chi connectivity index (χ0v) is 9.27. The van der Waals surface area contributed by atoms with Crippen LogP contribution in [0.1, 0.15) is 22.8 Å². The number of ketones is 1. The lowest BCUT2D eigenvalue weighted by Crippen LogP contribution is -2.26. The third kappa shape index (κ3) is 1.91. The van der Waals surface area contributed by atoms with Crippen LogP contribution in [0.4, 0.5) is 5.69 Å². The molecule has 5 nitrogen and oxygen atoms in total. The first-order valence-electron chi connectivity index (χ1n) is 5.19. The van der Waals surface area contributed by atoms with Crippen molar-refractivity contribution in [2.45, 2.75) is 13.3 Å². The summed E-state index contributed by atoms with van der Waals surface area (Å²) in [6.07, 6.45) is 0.733. The fraction of sp³-hybridized carbons (Fsp3) is 0.250. The van der Waals surface area contributed by atoms with Gasteiger partial charge in [-0.2, -0.15) is 0 Å². The van der Waals surface area contributed by atoms with Gasteiger partial charge in [0.25, 0.3) is 5.78 Å². The summed E-state index contributed by atoms with van der Waals surface area (Å²) in [5.74, 6) is -2.55. The minimum atomic E-state index is -1.49. The fourth-order valence-corrected chi connectivity index (χ4v) is 1.97. The average molecular weight is 233 g/mol. The lowest BCUT2D eigenvalue weighted by atomic mass is 10.1. The molecule has 0 spiro atoms. The van der Waals surface area contributed by atoms with Gasteiger partial charge in [-0.3, -0.25) is 9.59 Å². The maximum Gasteiger partial charge on any atom is 0.377 e. The van der Waals surface area contributed by atoms with Crippen LogP contribution in [0.2, 0.25) is 0 Å². The Kier molecular flexibility index (Phi) is 2.67. The number of carboxylic acid groups (broad SMARTS) is 1. The molecule has 0 aromatic heterocycles. The predicted molar refractivity (Wildman–Crippen MR) is 60.1 cm³/mol. The number of amides is 1. The Hall–Kier alpha value is -2.17. The predicted octanol–water partition coefficient (Wildman–Crippen LogP) is 0.863. The van der Waals surface area contributed by atoms with E-state index in [1.165, 1.54) is 19.1 Å². The van der Waals surface area contributed by atoms with Gasteiger partial charge in [0, 0.05) is 24.7 Å². The Labute approximate surface area is 97.7 Å². The molecule has 1 heterocycles. The van der Waals surface area contributed by atoms with Crippen molar-refractivity contribution < 1.29 is 19.5 Å². The Bertz CT molecular complexity index is 521. The van der Waals surface area contributed by atoms with Crippen molar-refractivity contribution in [3.05, 3.63) is 29.3 Å². The number of Topliss-reactive ketones (excluding diaryl/α,β-unsaturated/α-hetero) is 1. The van der Waals surface area contributed by atoms with Gasteiger partial charge in [0.2, 0.25) is 5.91 Å². The summed E-state index contributed by atoms with van der Waals surface area (Å²) in [5, 5.41) is 8.63. The normalized spacial score (nSPS) is 13.4. The largest absolute Gasteiger partial charge is 0.475 e. The summed E-state index contributed by atoms with van der Waals surface area (Å²) in [6, 6.07) is 4.66. The molecule has 0 fully saturated rings. The third-order valence-electron chi connectivity index (χ3n) is 2.82. The molecule has 1 aromatic rings. The number of rotatable bonds is 2. The van der Waals surface area contributed by atoms with Gasteiger partial charge in [-0.15, -0.1) is 0 Å². The maximum atomic E-state index is 11.3. The van der Waals surface area contributed by atoms with Gasteiger partial charge >= 0.3 is 5.97 Å². The van der Waals surface area contributed by atoms with Gasteiger partial charge in [-0.05, 0) is 18.1 Å². The summed E-state index contributed by atoms with van der Waals surface area (Å²) in [6.45, 7) is 2.02. The lowest BCUT2D eigenvalue weighted by Gasteiger charge is -2.14. The summed E-state index contributed by atoms with van der Waals surface area (Å²) in [4.78, 5) is 34.8. The van der Waals surface area contributed by atoms with Gasteiger partial charge < -0.3 is 10.0 Å². The van der Waals surface area contributed by atoms with Crippen LogP contribution in [0.25, 0.3) is 0 Å². The number of carbonyl (C=O) groups is 3. The molecule has 1 aromatic carbocycles. The van der Waals surface area contributed by atoms with Crippen LogP contribution in [0.3, 0.4) is 0 Å². The molecule has 0 aliphatic carbocycles. The molecule has 0 saturated carbocycles. The molecule has 2 rings (SSSR count). The van der Waals surface area contributed by atoms with Crippen LogP contribution in [-0.2, 0) is 16.0 Å². The van der Waals surface area contributed by atoms with Crippen molar-refractivity contribution >= 4 is 23.3 Å². The molecule has 0 saturated heterocycles. The molecule has 17 heavy (non-hydrogen) atoms. The second-order valence-corrected chi connectivity index (χ2v) is 3.90. The van der Waals surface area contributed by atoms with E-state index in [0.29, 0.717) is 12.2 Å². The number of carboxylic acids is 1. The molecule has 1 aliphatic rings. The molecule has 0 unspecified atom stereocenters. The standard InChI is InChI=1S/C12H11NO4/c1-7(14)13-5-4-8-2-3-9(6-10(8)13)11(15)12(16)17/h2-3,6H,4-5H2,1H3,(H,16,17). The molecule has 0 radical (unpaired) electrons. The number of benzene rings is 1. The minimum Gasteiger partial charge on any atom is -0.475 e. The molecular weight excluding hydrogens is 222 g/mol. The van der Waals surface area contributed by atoms with E-state index < -0.39 is 11.8 Å². The molecule has 1 aliphatic heterocycles. The van der Waals surface area contributed by atoms with E-state index in [1.54, 1.807) is 11.0 Å². The molecular formula is C12H11NO4. The highest BCUT2D eigenvalue weighted by Gasteiger charge is 2.24. The van der Waals surface area contributed by atoms with Crippen molar-refractivity contribution in [3.63, 3.8) is 0 Å². The second-order valence-electron chi connectivity index (χ2n) is 3.90. The first-order chi connectivity index (χ1) is 8.00. The summed E-state index contributed by atoms with van der Waals surface area (Å²) in [7, 11) is 0. The number of hydrogen-bond acceptors (Lipinski definition) is 3. The zero-order chi connectivity index (χ0) is 12.6. The third-order valence-corrected chi connectivity index (χ3v) is 2.82. The van der Waals surface area contributed by atoms with Gasteiger partial charge in [0.1, 0.15) is 0 Å². The maximum absolute atomic E-state index is 11.3. The Morgan fingerprint density at radius 2 is 2.00 bits per heavy atom. The number of aliphatic carboxylic acids is 1. The van der Waals surface area contributed by atoms with E-state index in [2.05, 4.69) is 0 Å². The number of hydrogen-bond donors (Lipinski definition) is 1. The summed E-state index contributed by atoms with van der Waals surface area (Å²) >= 11 is 0. The van der Waals surface area contributed by atoms with Gasteiger partial charge in [-0.1, -0.05) is 12.1 Å². The fourth-order valence-electron chi connectivity index (χ4n) is 1.97. The van der Waals surface area contributed by atoms with E-state index in [-0.39, 0.29) is 11.5 Å². The van der Waals surface area contributed by atoms with Crippen molar-refractivity contribution in [3.8, 4) is 0 Å². The lowest BCUT2D eigenvalue weighted by molar-refractivity contribution is -0.131. The van der Waals surface area contributed by atoms with Crippen molar-refractivity contribution in [2.75, 3.05) is 11.4 Å². The molecule has 5 heteroatoms. The van der Waals surface area contributed by atoms with E-state index in [0.717, 1.165) is 12.0 Å². The number of nitrogens with zero attached hydrogens (tertiary/aromatic N) is 1. The molecule has 0 atom stereocenters. The van der Waals surface area contributed by atoms with Crippen LogP contribution in [0.15, 0.2) is 18.2 Å². The highest BCUT2D eigenvalue weighted by Crippen LogP contribution is 2.29. The minimum absolute atomic E-state index is 0.101. The Morgan fingerprint density at radius 1 is 1.29 bits per heavy atom. The van der Waals surface area contributed by atoms with E-state index in [4.69, 9.17) is 5.11 Å². The quantitative estimate of drug-likeness (QED) is 0.607. The van der Waals surface area contributed by atoms with Crippen molar-refractivity contribution in [2.24, 2.45) is 0 Å². The SMILES string of the molecule is CC(=O)N1CCc2ccc(C(=O)C(=O)O)cc21. The highest BCUT2D eigenvalue weighted by atomic mass is 16.4. The first kappa shape index (κ1) is 11.3. The molecule has 1 amide bonds.